The van der Waals surface area contributed by atoms with Crippen LogP contribution in [0.3, 0.4) is 0 Å². The minimum Gasteiger partial charge on any atom is -0.449 e. The van der Waals surface area contributed by atoms with Crippen LogP contribution in [-0.4, -0.2) is 48.3 Å². The summed E-state index contributed by atoms with van der Waals surface area (Å²) >= 11 is 0. The Hall–Kier alpha value is -1.26. The van der Waals surface area contributed by atoms with E-state index >= 15 is 0 Å². The first kappa shape index (κ1) is 17.2. The summed E-state index contributed by atoms with van der Waals surface area (Å²) in [7, 11) is 0. The fourth-order valence-corrected chi connectivity index (χ4v) is 4.32. The lowest BCUT2D eigenvalue weighted by atomic mass is 10.1. The zero-order chi connectivity index (χ0) is 17.1. The van der Waals surface area contributed by atoms with E-state index in [1.54, 1.807) is 0 Å². The quantitative estimate of drug-likeness (QED) is 0.805. The molecule has 0 saturated carbocycles. The van der Waals surface area contributed by atoms with Gasteiger partial charge < -0.3 is 14.4 Å². The topological polar surface area (TPSA) is 24.9 Å². The Morgan fingerprint density at radius 2 is 1.48 bits per heavy atom. The van der Waals surface area contributed by atoms with E-state index in [9.17, 15) is 0 Å². The van der Waals surface area contributed by atoms with Crippen LogP contribution in [0.1, 0.15) is 57.4 Å². The first-order valence-corrected chi connectivity index (χ1v) is 10.2. The van der Waals surface area contributed by atoms with E-state index in [0.717, 1.165) is 31.0 Å². The molecule has 0 aromatic heterocycles. The van der Waals surface area contributed by atoms with Gasteiger partial charge in [0.25, 0.3) is 0 Å². The van der Waals surface area contributed by atoms with Crippen molar-refractivity contribution in [2.24, 2.45) is 0 Å². The second-order valence-corrected chi connectivity index (χ2v) is 8.11. The number of hydrogen-bond donors (Lipinski definition) is 0. The fourth-order valence-electron chi connectivity index (χ4n) is 4.32. The zero-order valence-electron chi connectivity index (χ0n) is 15.6. The molecule has 1 unspecified atom stereocenters. The van der Waals surface area contributed by atoms with Gasteiger partial charge in [0.1, 0.15) is 0 Å². The number of fused-ring (bicyclic) bond motifs is 1. The summed E-state index contributed by atoms with van der Waals surface area (Å²) in [6.07, 6.45) is 9.01. The number of benzene rings is 1. The maximum absolute atomic E-state index is 6.25. The third-order valence-corrected chi connectivity index (χ3v) is 5.85. The van der Waals surface area contributed by atoms with Crippen molar-refractivity contribution in [2.75, 3.05) is 32.7 Å². The lowest BCUT2D eigenvalue weighted by Gasteiger charge is -2.30. The number of piperidine rings is 2. The van der Waals surface area contributed by atoms with Crippen LogP contribution in [0.5, 0.6) is 11.5 Å². The highest BCUT2D eigenvalue weighted by Gasteiger charge is 2.37. The van der Waals surface area contributed by atoms with Gasteiger partial charge in [-0.25, -0.2) is 0 Å². The molecule has 0 aliphatic carbocycles. The largest absolute Gasteiger partial charge is 0.449 e. The third kappa shape index (κ3) is 4.29. The minimum absolute atomic E-state index is 0.510. The highest BCUT2D eigenvalue weighted by Crippen LogP contribution is 2.41. The smallest absolute Gasteiger partial charge is 0.250 e. The number of rotatable bonds is 5. The second kappa shape index (κ2) is 7.55. The average molecular weight is 344 g/mol. The van der Waals surface area contributed by atoms with Crippen molar-refractivity contribution in [3.63, 3.8) is 0 Å². The molecule has 0 N–H and O–H groups in total. The Kier molecular flexibility index (Phi) is 5.18. The molecular formula is C21H32N2O2. The van der Waals surface area contributed by atoms with Gasteiger partial charge in [-0.15, -0.1) is 0 Å². The number of likely N-dealkylation sites (tertiary alicyclic amines) is 2. The first-order valence-electron chi connectivity index (χ1n) is 10.2. The van der Waals surface area contributed by atoms with E-state index in [-0.39, 0.29) is 0 Å². The van der Waals surface area contributed by atoms with Crippen molar-refractivity contribution >= 4 is 0 Å². The van der Waals surface area contributed by atoms with Gasteiger partial charge in [0.05, 0.1) is 0 Å². The Balaban J connectivity index is 1.34. The van der Waals surface area contributed by atoms with Crippen LogP contribution in [0.2, 0.25) is 0 Å². The van der Waals surface area contributed by atoms with E-state index < -0.39 is 5.79 Å². The number of nitrogens with zero attached hydrogens (tertiary/aromatic N) is 2. The van der Waals surface area contributed by atoms with Crippen LogP contribution >= 0.6 is 0 Å². The van der Waals surface area contributed by atoms with Crippen LogP contribution in [0.4, 0.5) is 0 Å². The number of ether oxygens (including phenoxy) is 2. The van der Waals surface area contributed by atoms with Gasteiger partial charge in [0, 0.05) is 26.4 Å². The molecule has 4 heteroatoms. The Morgan fingerprint density at radius 1 is 0.840 bits per heavy atom. The van der Waals surface area contributed by atoms with Crippen molar-refractivity contribution in [3.05, 3.63) is 23.8 Å². The van der Waals surface area contributed by atoms with E-state index in [0.29, 0.717) is 0 Å². The number of hydrogen-bond acceptors (Lipinski definition) is 4. The summed E-state index contributed by atoms with van der Waals surface area (Å²) in [5, 5.41) is 0. The van der Waals surface area contributed by atoms with Gasteiger partial charge in [-0.2, -0.15) is 0 Å². The maximum Gasteiger partial charge on any atom is 0.250 e. The Morgan fingerprint density at radius 3 is 2.20 bits per heavy atom. The summed E-state index contributed by atoms with van der Waals surface area (Å²) in [6, 6.07) is 6.49. The maximum atomic E-state index is 6.25. The summed E-state index contributed by atoms with van der Waals surface area (Å²) in [5.74, 6) is 1.32. The molecular weight excluding hydrogens is 312 g/mol. The molecule has 1 aromatic rings. The van der Waals surface area contributed by atoms with Gasteiger partial charge in [0.2, 0.25) is 5.79 Å². The predicted molar refractivity (Wildman–Crippen MR) is 100 cm³/mol. The monoisotopic (exact) mass is 344 g/mol. The van der Waals surface area contributed by atoms with E-state index in [1.165, 1.54) is 70.3 Å². The fraction of sp³-hybridized carbons (Fsp3) is 0.714. The van der Waals surface area contributed by atoms with Gasteiger partial charge >= 0.3 is 0 Å². The van der Waals surface area contributed by atoms with Gasteiger partial charge in [-0.1, -0.05) is 18.9 Å². The molecule has 4 rings (SSSR count). The van der Waals surface area contributed by atoms with Gasteiger partial charge in [0.15, 0.2) is 11.5 Å². The molecule has 25 heavy (non-hydrogen) atoms. The van der Waals surface area contributed by atoms with E-state index in [4.69, 9.17) is 9.47 Å². The Labute approximate surface area is 152 Å². The first-order chi connectivity index (χ1) is 12.2. The molecule has 1 aromatic carbocycles. The molecule has 0 radical (unpaired) electrons. The normalized spacial score (nSPS) is 27.6. The SMILES string of the molecule is CC1(CCN2CCCCC2)Oc2ccc(CN3CCCCC3)cc2O1. The Bertz CT molecular complexity index is 579. The third-order valence-electron chi connectivity index (χ3n) is 5.85. The van der Waals surface area contributed by atoms with Crippen molar-refractivity contribution < 1.29 is 9.47 Å². The van der Waals surface area contributed by atoms with Crippen molar-refractivity contribution in [1.82, 2.24) is 9.80 Å². The summed E-state index contributed by atoms with van der Waals surface area (Å²) in [5.41, 5.74) is 1.34. The van der Waals surface area contributed by atoms with Crippen LogP contribution < -0.4 is 9.47 Å². The van der Waals surface area contributed by atoms with Crippen LogP contribution in [0.15, 0.2) is 18.2 Å². The van der Waals surface area contributed by atoms with Crippen LogP contribution in [-0.2, 0) is 6.54 Å². The molecule has 3 aliphatic heterocycles. The van der Waals surface area contributed by atoms with Gasteiger partial charge in [-0.3, -0.25) is 4.90 Å². The van der Waals surface area contributed by atoms with Gasteiger partial charge in [-0.05, 0) is 69.6 Å². The lowest BCUT2D eigenvalue weighted by Crippen LogP contribution is -2.40. The molecule has 1 atom stereocenters. The molecule has 2 fully saturated rings. The van der Waals surface area contributed by atoms with E-state index in [2.05, 4.69) is 34.9 Å². The molecule has 3 heterocycles. The second-order valence-electron chi connectivity index (χ2n) is 8.11. The molecule has 0 amide bonds. The highest BCUT2D eigenvalue weighted by molar-refractivity contribution is 5.45. The van der Waals surface area contributed by atoms with Crippen molar-refractivity contribution in [3.8, 4) is 11.5 Å². The molecule has 0 spiro atoms. The molecule has 0 bridgehead atoms. The lowest BCUT2D eigenvalue weighted by molar-refractivity contribution is -0.0738. The van der Waals surface area contributed by atoms with E-state index in [1.807, 2.05) is 0 Å². The molecule has 3 aliphatic rings. The zero-order valence-corrected chi connectivity index (χ0v) is 15.6. The van der Waals surface area contributed by atoms with Crippen LogP contribution in [0, 0.1) is 0 Å². The summed E-state index contributed by atoms with van der Waals surface area (Å²) in [6.45, 7) is 9.07. The summed E-state index contributed by atoms with van der Waals surface area (Å²) < 4.78 is 12.4. The molecule has 2 saturated heterocycles. The van der Waals surface area contributed by atoms with Crippen molar-refractivity contribution in [1.29, 1.82) is 0 Å². The van der Waals surface area contributed by atoms with Crippen molar-refractivity contribution in [2.45, 2.75) is 64.2 Å². The molecule has 4 nitrogen and oxygen atoms in total. The van der Waals surface area contributed by atoms with Crippen LogP contribution in [0.25, 0.3) is 0 Å². The predicted octanol–water partition coefficient (Wildman–Crippen LogP) is 4.04. The average Bonchev–Trinajstić information content (AvgIpc) is 2.98. The minimum atomic E-state index is -0.510. The highest BCUT2D eigenvalue weighted by atomic mass is 16.7. The summed E-state index contributed by atoms with van der Waals surface area (Å²) in [4.78, 5) is 5.10. The standard InChI is InChI=1S/C21H32N2O2/c1-21(10-15-22-11-4-2-5-12-22)24-19-9-8-18(16-20(19)25-21)17-23-13-6-3-7-14-23/h8-9,16H,2-7,10-15,17H2,1H3. The molecule has 138 valence electrons.